The van der Waals surface area contributed by atoms with Crippen molar-refractivity contribution in [3.63, 3.8) is 0 Å². The van der Waals surface area contributed by atoms with Gasteiger partial charge in [-0.25, -0.2) is 0 Å². The van der Waals surface area contributed by atoms with Gasteiger partial charge in [-0.3, -0.25) is 4.79 Å². The normalized spacial score (nSPS) is 21.8. The molecule has 2 rings (SSSR count). The van der Waals surface area contributed by atoms with E-state index in [1.165, 1.54) is 5.57 Å². The molecule has 0 aromatic rings. The van der Waals surface area contributed by atoms with Gasteiger partial charge in [0.1, 0.15) is 0 Å². The molecular weight excluding hydrogens is 150 g/mol. The molecule has 1 aliphatic heterocycles. The lowest BCUT2D eigenvalue weighted by Crippen LogP contribution is -2.28. The molecule has 64 valence electrons. The maximum atomic E-state index is 11.0. The average molecular weight is 163 g/mol. The summed E-state index contributed by atoms with van der Waals surface area (Å²) in [4.78, 5) is 11.0. The lowest BCUT2D eigenvalue weighted by atomic mass is 10.0. The summed E-state index contributed by atoms with van der Waals surface area (Å²) in [5.41, 5.74) is 2.26. The fourth-order valence-corrected chi connectivity index (χ4v) is 1.48. The molecule has 1 saturated heterocycles. The highest BCUT2D eigenvalue weighted by Crippen LogP contribution is 2.21. The van der Waals surface area contributed by atoms with E-state index in [-0.39, 0.29) is 7.33 Å². The molecule has 0 atom stereocenters. The van der Waals surface area contributed by atoms with E-state index in [1.807, 2.05) is 0 Å². The Hall–Kier alpha value is -1.31. The highest BCUT2D eigenvalue weighted by atomic mass is 16.1. The fourth-order valence-electron chi connectivity index (χ4n) is 1.48. The third-order valence-corrected chi connectivity index (χ3v) is 2.13. The lowest BCUT2D eigenvalue weighted by molar-refractivity contribution is -0.120. The van der Waals surface area contributed by atoms with Crippen LogP contribution in [0, 0.1) is 0 Å². The van der Waals surface area contributed by atoms with Gasteiger partial charge in [-0.2, -0.15) is 0 Å². The van der Waals surface area contributed by atoms with E-state index in [4.69, 9.17) is 0 Å². The minimum Gasteiger partial charge on any atom is -0.326 e. The van der Waals surface area contributed by atoms with Crippen molar-refractivity contribution in [2.45, 2.75) is 19.3 Å². The third-order valence-electron chi connectivity index (χ3n) is 2.13. The molecule has 0 bridgehead atoms. The maximum absolute atomic E-state index is 11.0. The molecule has 1 aliphatic carbocycles. The van der Waals surface area contributed by atoms with Crippen molar-refractivity contribution in [2.75, 3.05) is 0 Å². The third kappa shape index (κ3) is 1.33. The largest absolute Gasteiger partial charge is 0.326 e. The Morgan fingerprint density at radius 3 is 3.25 bits per heavy atom. The van der Waals surface area contributed by atoms with Gasteiger partial charge in [0.05, 0.1) is 0 Å². The molecule has 0 saturated carbocycles. The van der Waals surface area contributed by atoms with Gasteiger partial charge in [0.25, 0.3) is 0 Å². The topological polar surface area (TPSA) is 29.1 Å². The molecule has 12 heavy (non-hydrogen) atoms. The van der Waals surface area contributed by atoms with Crippen molar-refractivity contribution in [3.05, 3.63) is 35.6 Å². The summed E-state index contributed by atoms with van der Waals surface area (Å²) in [7, 11) is 0. The first-order valence-electron chi connectivity index (χ1n) is 4.22. The molecule has 2 nitrogen and oxygen atoms in total. The van der Waals surface area contributed by atoms with E-state index in [1.54, 1.807) is 0 Å². The molecule has 0 spiro atoms. The first kappa shape index (κ1) is 7.35. The van der Waals surface area contributed by atoms with E-state index >= 15 is 0 Å². The average Bonchev–Trinajstić information content (AvgIpc) is 2.28. The van der Waals surface area contributed by atoms with Crippen LogP contribution in [0.1, 0.15) is 20.7 Å². The molecule has 2 aliphatic rings. The van der Waals surface area contributed by atoms with Crippen LogP contribution in [0.5, 0.6) is 0 Å². The Morgan fingerprint density at radius 1 is 1.42 bits per heavy atom. The van der Waals surface area contributed by atoms with Gasteiger partial charge in [0.2, 0.25) is 5.91 Å². The Morgan fingerprint density at radius 2 is 2.33 bits per heavy atom. The van der Waals surface area contributed by atoms with Gasteiger partial charge in [-0.05, 0) is 18.4 Å². The molecule has 0 aromatic carbocycles. The molecule has 1 N–H and O–H groups in total. The number of carbonyl (C=O) groups excluding carboxylic acids is 1. The standard InChI is InChI=1S/C10H11NO.H2/c12-10-7-6-8-4-2-1-3-5-9(8)11-10;/h1-2,4-5H,3,6-7H2,(H,11,12);1H. The number of allylic oxidation sites excluding steroid dienone is 5. The Balaban J connectivity index is 0.000000845. The number of carbonyl (C=O) groups is 1. The quantitative estimate of drug-likeness (QED) is 0.580. The fraction of sp³-hybridized carbons (Fsp3) is 0.300. The summed E-state index contributed by atoms with van der Waals surface area (Å²) < 4.78 is 0. The van der Waals surface area contributed by atoms with Gasteiger partial charge < -0.3 is 5.32 Å². The van der Waals surface area contributed by atoms with Crippen molar-refractivity contribution in [1.29, 1.82) is 0 Å². The molecule has 1 fully saturated rings. The zero-order chi connectivity index (χ0) is 8.39. The van der Waals surface area contributed by atoms with Crippen LogP contribution in [-0.2, 0) is 4.79 Å². The van der Waals surface area contributed by atoms with Gasteiger partial charge in [-0.15, -0.1) is 0 Å². The number of fused-ring (bicyclic) bond motifs is 1. The van der Waals surface area contributed by atoms with Crippen molar-refractivity contribution < 1.29 is 6.22 Å². The molecule has 2 heteroatoms. The monoisotopic (exact) mass is 163 g/mol. The lowest BCUT2D eigenvalue weighted by Gasteiger charge is -2.18. The molecule has 0 aromatic heterocycles. The van der Waals surface area contributed by atoms with E-state index in [2.05, 4.69) is 29.6 Å². The number of rotatable bonds is 0. The molecule has 0 unspecified atom stereocenters. The summed E-state index contributed by atoms with van der Waals surface area (Å²) in [6.45, 7) is 0. The smallest absolute Gasteiger partial charge is 0.224 e. The first-order chi connectivity index (χ1) is 5.86. The summed E-state index contributed by atoms with van der Waals surface area (Å²) in [5.74, 6) is 0.139. The second kappa shape index (κ2) is 2.97. The second-order valence-electron chi connectivity index (χ2n) is 3.02. The molecule has 1 amide bonds. The second-order valence-corrected chi connectivity index (χ2v) is 3.02. The summed E-state index contributed by atoms with van der Waals surface area (Å²) in [5, 5.41) is 2.87. The van der Waals surface area contributed by atoms with E-state index in [0.29, 0.717) is 6.42 Å². The Kier molecular flexibility index (Phi) is 1.82. The Bertz CT molecular complexity index is 302. The van der Waals surface area contributed by atoms with Crippen LogP contribution in [0.15, 0.2) is 35.6 Å². The van der Waals surface area contributed by atoms with Crippen LogP contribution in [-0.4, -0.2) is 5.91 Å². The summed E-state index contributed by atoms with van der Waals surface area (Å²) >= 11 is 0. The van der Waals surface area contributed by atoms with Gasteiger partial charge in [0, 0.05) is 13.5 Å². The van der Waals surface area contributed by atoms with Crippen LogP contribution in [0.25, 0.3) is 0 Å². The van der Waals surface area contributed by atoms with Crippen LogP contribution < -0.4 is 5.32 Å². The van der Waals surface area contributed by atoms with Crippen molar-refractivity contribution in [1.82, 2.24) is 5.32 Å². The number of nitrogens with one attached hydrogen (secondary N) is 1. The first-order valence-corrected chi connectivity index (χ1v) is 4.22. The Labute approximate surface area is 73.1 Å². The van der Waals surface area contributed by atoms with Crippen molar-refractivity contribution in [3.8, 4) is 0 Å². The SMILES string of the molecule is O=C1CCC2=CC=CCC=C2N1.[HH]. The molecule has 1 heterocycles. The zero-order valence-electron chi connectivity index (χ0n) is 6.84. The molecule has 0 radical (unpaired) electrons. The maximum Gasteiger partial charge on any atom is 0.224 e. The van der Waals surface area contributed by atoms with E-state index < -0.39 is 0 Å². The summed E-state index contributed by atoms with van der Waals surface area (Å²) in [6.07, 6.45) is 10.7. The van der Waals surface area contributed by atoms with Gasteiger partial charge in [-0.1, -0.05) is 24.3 Å². The number of piperidine rings is 1. The van der Waals surface area contributed by atoms with Crippen LogP contribution >= 0.6 is 0 Å². The van der Waals surface area contributed by atoms with Crippen LogP contribution in [0.4, 0.5) is 0 Å². The molecular formula is C10H13NO. The van der Waals surface area contributed by atoms with Crippen LogP contribution in [0.2, 0.25) is 0 Å². The van der Waals surface area contributed by atoms with Crippen molar-refractivity contribution in [2.24, 2.45) is 0 Å². The van der Waals surface area contributed by atoms with Crippen molar-refractivity contribution >= 4 is 5.91 Å². The minimum absolute atomic E-state index is 0. The van der Waals surface area contributed by atoms with E-state index in [0.717, 1.165) is 18.5 Å². The number of hydrogen-bond acceptors (Lipinski definition) is 1. The van der Waals surface area contributed by atoms with Gasteiger partial charge >= 0.3 is 0 Å². The number of amides is 1. The summed E-state index contributed by atoms with van der Waals surface area (Å²) in [6, 6.07) is 0. The minimum atomic E-state index is 0. The van der Waals surface area contributed by atoms with E-state index in [9.17, 15) is 4.79 Å². The highest BCUT2D eigenvalue weighted by molar-refractivity contribution is 5.81. The highest BCUT2D eigenvalue weighted by Gasteiger charge is 2.16. The predicted octanol–water partition coefficient (Wildman–Crippen LogP) is 1.91. The van der Waals surface area contributed by atoms with Crippen LogP contribution in [0.3, 0.4) is 0 Å². The zero-order valence-corrected chi connectivity index (χ0v) is 6.84. The van der Waals surface area contributed by atoms with Gasteiger partial charge in [0.15, 0.2) is 0 Å². The number of hydrogen-bond donors (Lipinski definition) is 1. The predicted molar refractivity (Wildman–Crippen MR) is 49.4 cm³/mol.